The third-order valence-corrected chi connectivity index (χ3v) is 5.47. The van der Waals surface area contributed by atoms with Crippen LogP contribution in [-0.4, -0.2) is 11.9 Å². The van der Waals surface area contributed by atoms with E-state index < -0.39 is 0 Å². The second kappa shape index (κ2) is 11.2. The van der Waals surface area contributed by atoms with Gasteiger partial charge in [0.1, 0.15) is 0 Å². The summed E-state index contributed by atoms with van der Waals surface area (Å²) in [5.41, 5.74) is 10.1. The van der Waals surface area contributed by atoms with Crippen molar-refractivity contribution in [1.82, 2.24) is 0 Å². The van der Waals surface area contributed by atoms with Gasteiger partial charge in [0.2, 0.25) is 5.91 Å². The zero-order valence-electron chi connectivity index (χ0n) is 17.2. The summed E-state index contributed by atoms with van der Waals surface area (Å²) in [6.45, 7) is 4.87. The van der Waals surface area contributed by atoms with Gasteiger partial charge in [-0.15, -0.1) is 24.0 Å². The topological polar surface area (TPSA) is 79.5 Å². The molecule has 2 aromatic rings. The van der Waals surface area contributed by atoms with Crippen LogP contribution < -0.4 is 16.4 Å². The Bertz CT molecular complexity index is 831. The van der Waals surface area contributed by atoms with Gasteiger partial charge >= 0.3 is 0 Å². The average molecular weight is 506 g/mol. The maximum atomic E-state index is 12.1. The number of amides is 1. The quantitative estimate of drug-likeness (QED) is 0.264. The summed E-state index contributed by atoms with van der Waals surface area (Å²) in [6, 6.07) is 16.1. The van der Waals surface area contributed by atoms with Gasteiger partial charge in [0.05, 0.1) is 6.54 Å². The van der Waals surface area contributed by atoms with Gasteiger partial charge < -0.3 is 16.4 Å². The van der Waals surface area contributed by atoms with E-state index in [1.807, 2.05) is 36.4 Å². The first kappa shape index (κ1) is 23.2. The van der Waals surface area contributed by atoms with Crippen molar-refractivity contribution >= 4 is 47.2 Å². The highest BCUT2D eigenvalue weighted by atomic mass is 127. The normalized spacial score (nSPS) is 15.0. The third-order valence-electron chi connectivity index (χ3n) is 5.47. The molecule has 0 aromatic heterocycles. The lowest BCUT2D eigenvalue weighted by Crippen LogP contribution is -2.28. The molecular weight excluding hydrogens is 475 g/mol. The molecule has 0 bridgehead atoms. The highest BCUT2D eigenvalue weighted by Gasteiger charge is 2.25. The first-order valence-electron chi connectivity index (χ1n) is 10.1. The average Bonchev–Trinajstić information content (AvgIpc) is 2.65. The standard InChI is InChI=1S/C23H30N4O.HI/c1-3-16(2)18-10-12-20(13-11-18)27-23(24)25-15-17-6-4-9-21(14-17)26-22(28)19-7-5-8-19;/h4,6,9-14,16,19H,3,5,7-8,15H2,1-2H3,(H,26,28)(H3,24,25,27);1H. The summed E-state index contributed by atoms with van der Waals surface area (Å²) in [5, 5.41) is 6.13. The monoisotopic (exact) mass is 506 g/mol. The SMILES string of the molecule is CCC(C)c1ccc(NC(N)=NCc2cccc(NC(=O)C3CCC3)c2)cc1.I. The maximum Gasteiger partial charge on any atom is 0.227 e. The Balaban J connectivity index is 0.00000300. The predicted molar refractivity (Wildman–Crippen MR) is 132 cm³/mol. The van der Waals surface area contributed by atoms with Crippen LogP contribution in [0.15, 0.2) is 53.5 Å². The molecule has 0 aliphatic heterocycles. The Morgan fingerprint density at radius 1 is 1.14 bits per heavy atom. The maximum absolute atomic E-state index is 12.1. The summed E-state index contributed by atoms with van der Waals surface area (Å²) in [6.07, 6.45) is 4.27. The fourth-order valence-corrected chi connectivity index (χ4v) is 3.16. The summed E-state index contributed by atoms with van der Waals surface area (Å²) < 4.78 is 0. The van der Waals surface area contributed by atoms with Gasteiger partial charge in [0.25, 0.3) is 0 Å². The van der Waals surface area contributed by atoms with Crippen molar-refractivity contribution in [3.05, 3.63) is 59.7 Å². The molecule has 6 heteroatoms. The fraction of sp³-hybridized carbons (Fsp3) is 0.391. The molecule has 5 nitrogen and oxygen atoms in total. The zero-order chi connectivity index (χ0) is 19.9. The van der Waals surface area contributed by atoms with Crippen molar-refractivity contribution in [1.29, 1.82) is 0 Å². The van der Waals surface area contributed by atoms with Crippen molar-refractivity contribution in [3.63, 3.8) is 0 Å². The van der Waals surface area contributed by atoms with Crippen molar-refractivity contribution in [2.75, 3.05) is 10.6 Å². The Hall–Kier alpha value is -2.09. The summed E-state index contributed by atoms with van der Waals surface area (Å²) >= 11 is 0. The lowest BCUT2D eigenvalue weighted by atomic mass is 9.85. The van der Waals surface area contributed by atoms with Crippen LogP contribution >= 0.6 is 24.0 Å². The van der Waals surface area contributed by atoms with Gasteiger partial charge in [-0.1, -0.05) is 44.5 Å². The molecule has 29 heavy (non-hydrogen) atoms. The zero-order valence-corrected chi connectivity index (χ0v) is 19.5. The van der Waals surface area contributed by atoms with E-state index in [4.69, 9.17) is 5.73 Å². The number of guanidine groups is 1. The number of anilines is 2. The molecule has 1 atom stereocenters. The number of hydrogen-bond donors (Lipinski definition) is 3. The van der Waals surface area contributed by atoms with Gasteiger partial charge in [0.15, 0.2) is 5.96 Å². The Kier molecular flexibility index (Phi) is 8.95. The van der Waals surface area contributed by atoms with Crippen molar-refractivity contribution < 1.29 is 4.79 Å². The van der Waals surface area contributed by atoms with Crippen molar-refractivity contribution in [2.24, 2.45) is 16.6 Å². The number of hydrogen-bond acceptors (Lipinski definition) is 2. The van der Waals surface area contributed by atoms with Crippen LogP contribution in [0.3, 0.4) is 0 Å². The molecule has 1 unspecified atom stereocenters. The van der Waals surface area contributed by atoms with Crippen LogP contribution in [0.4, 0.5) is 11.4 Å². The van der Waals surface area contributed by atoms with Crippen LogP contribution in [0.2, 0.25) is 0 Å². The lowest BCUT2D eigenvalue weighted by molar-refractivity contribution is -0.122. The highest BCUT2D eigenvalue weighted by Crippen LogP contribution is 2.27. The Morgan fingerprint density at radius 2 is 1.86 bits per heavy atom. The first-order valence-corrected chi connectivity index (χ1v) is 10.1. The predicted octanol–water partition coefficient (Wildman–Crippen LogP) is 5.48. The van der Waals surface area contributed by atoms with Gasteiger partial charge in [-0.2, -0.15) is 0 Å². The molecule has 4 N–H and O–H groups in total. The second-order valence-electron chi connectivity index (χ2n) is 7.58. The van der Waals surface area contributed by atoms with Gasteiger partial charge in [-0.25, -0.2) is 4.99 Å². The van der Waals surface area contributed by atoms with Crippen LogP contribution in [0.1, 0.15) is 56.6 Å². The van der Waals surface area contributed by atoms with Crippen LogP contribution in [0.5, 0.6) is 0 Å². The largest absolute Gasteiger partial charge is 0.370 e. The van der Waals surface area contributed by atoms with E-state index in [1.165, 1.54) is 5.56 Å². The highest BCUT2D eigenvalue weighted by molar-refractivity contribution is 14.0. The van der Waals surface area contributed by atoms with E-state index in [-0.39, 0.29) is 35.8 Å². The second-order valence-corrected chi connectivity index (χ2v) is 7.58. The molecule has 2 aromatic carbocycles. The molecule has 0 spiro atoms. The minimum Gasteiger partial charge on any atom is -0.370 e. The summed E-state index contributed by atoms with van der Waals surface area (Å²) in [5.74, 6) is 1.22. The van der Waals surface area contributed by atoms with Crippen LogP contribution in [0.25, 0.3) is 0 Å². The van der Waals surface area contributed by atoms with Gasteiger partial charge in [0, 0.05) is 17.3 Å². The number of benzene rings is 2. The number of nitrogens with two attached hydrogens (primary N) is 1. The van der Waals surface area contributed by atoms with E-state index in [0.717, 1.165) is 42.6 Å². The molecule has 1 saturated carbocycles. The Morgan fingerprint density at radius 3 is 2.48 bits per heavy atom. The molecular formula is C23H31IN4O. The van der Waals surface area contributed by atoms with Crippen LogP contribution in [-0.2, 0) is 11.3 Å². The smallest absolute Gasteiger partial charge is 0.227 e. The molecule has 3 rings (SSSR count). The number of aliphatic imine (C=N–C) groups is 1. The number of rotatable bonds is 7. The molecule has 156 valence electrons. The summed E-state index contributed by atoms with van der Waals surface area (Å²) in [4.78, 5) is 16.5. The first-order chi connectivity index (χ1) is 13.5. The molecule has 0 saturated heterocycles. The molecule has 1 aliphatic carbocycles. The van der Waals surface area contributed by atoms with E-state index in [9.17, 15) is 4.79 Å². The number of nitrogens with zero attached hydrogens (tertiary/aromatic N) is 1. The van der Waals surface area contributed by atoms with Gasteiger partial charge in [-0.3, -0.25) is 4.79 Å². The number of nitrogens with one attached hydrogen (secondary N) is 2. The number of carbonyl (C=O) groups is 1. The number of halogens is 1. The molecule has 1 fully saturated rings. The Labute approximate surface area is 190 Å². The van der Waals surface area contributed by atoms with Crippen molar-refractivity contribution in [2.45, 2.75) is 52.0 Å². The third kappa shape index (κ3) is 6.73. The molecule has 0 radical (unpaired) electrons. The molecule has 1 aliphatic rings. The van der Waals surface area contributed by atoms with Crippen molar-refractivity contribution in [3.8, 4) is 0 Å². The van der Waals surface area contributed by atoms with Crippen LogP contribution in [0, 0.1) is 5.92 Å². The van der Waals surface area contributed by atoms with E-state index in [0.29, 0.717) is 18.4 Å². The fourth-order valence-electron chi connectivity index (χ4n) is 3.16. The van der Waals surface area contributed by atoms with E-state index in [2.05, 4.69) is 41.6 Å². The number of carbonyl (C=O) groups excluding carboxylic acids is 1. The van der Waals surface area contributed by atoms with E-state index >= 15 is 0 Å². The lowest BCUT2D eigenvalue weighted by Gasteiger charge is -2.24. The minimum absolute atomic E-state index is 0. The van der Waals surface area contributed by atoms with E-state index in [1.54, 1.807) is 0 Å². The molecule has 1 amide bonds. The van der Waals surface area contributed by atoms with Gasteiger partial charge in [-0.05, 0) is 60.6 Å². The summed E-state index contributed by atoms with van der Waals surface area (Å²) in [7, 11) is 0. The minimum atomic E-state index is 0. The molecule has 0 heterocycles.